The fourth-order valence-electron chi connectivity index (χ4n) is 15.2. The van der Waals surface area contributed by atoms with Gasteiger partial charge in [-0.15, -0.1) is 0 Å². The van der Waals surface area contributed by atoms with Crippen molar-refractivity contribution >= 4 is 102 Å². The van der Waals surface area contributed by atoms with Gasteiger partial charge in [-0.25, -0.2) is 28.8 Å². The summed E-state index contributed by atoms with van der Waals surface area (Å²) in [6.45, 7) is 12.0. The van der Waals surface area contributed by atoms with Gasteiger partial charge in [0.2, 0.25) is 0 Å². The highest BCUT2D eigenvalue weighted by Gasteiger charge is 2.32. The second-order valence-electron chi connectivity index (χ2n) is 30.8. The third-order valence-electron chi connectivity index (χ3n) is 22.2. The molecule has 0 aliphatic rings. The SMILES string of the molecule is Cc1ccc(-c2ccc(C(=O)Oc3cc4oc5c(c4cc3OC(=O)c3ccc(-c4ccc(C)cc4)cc3)c3oc4cc(OC(=O)c6ccc(-c7ccc(C)cc7)cc6)c(OC(=O)c6ccc(-c7ccc(C)cc7)cc6)cc4c3c3oc4cc(OC(=O)c6ccc(-c7ccc(C)cc7)cc6)c(OC(=O)c6ccc(-c7ccc(C)cc7)cc6)cc4c53)cc2)cc1. The van der Waals surface area contributed by atoms with E-state index >= 15 is 0 Å². The van der Waals surface area contributed by atoms with Gasteiger partial charge in [-0.05, 0) is 199 Å². The summed E-state index contributed by atoms with van der Waals surface area (Å²) in [6.07, 6.45) is 0. The van der Waals surface area contributed by atoms with Crippen molar-refractivity contribution in [3.63, 3.8) is 0 Å². The van der Waals surface area contributed by atoms with E-state index in [9.17, 15) is 28.8 Å². The zero-order valence-corrected chi connectivity index (χ0v) is 67.3. The topological polar surface area (TPSA) is 197 Å². The molecule has 0 N–H and O–H groups in total. The monoisotopic (exact) mass is 1610 g/mol. The predicted molar refractivity (Wildman–Crippen MR) is 478 cm³/mol. The highest BCUT2D eigenvalue weighted by Crippen LogP contribution is 2.53. The Balaban J connectivity index is 0.810. The van der Waals surface area contributed by atoms with E-state index in [-0.39, 0.29) is 134 Å². The van der Waals surface area contributed by atoms with Crippen LogP contribution in [0, 0.1) is 41.5 Å². The Morgan fingerprint density at radius 1 is 0.179 bits per heavy atom. The van der Waals surface area contributed by atoms with Gasteiger partial charge >= 0.3 is 35.8 Å². The van der Waals surface area contributed by atoms with E-state index in [1.165, 1.54) is 36.4 Å². The quantitative estimate of drug-likeness (QED) is 0.0580. The molecule has 19 rings (SSSR count). The number of esters is 6. The van der Waals surface area contributed by atoms with Gasteiger partial charge in [-0.1, -0.05) is 252 Å². The normalized spacial score (nSPS) is 11.4. The van der Waals surface area contributed by atoms with E-state index in [0.717, 1.165) is 100 Å². The van der Waals surface area contributed by atoms with E-state index in [1.54, 1.807) is 72.8 Å². The first-order chi connectivity index (χ1) is 59.8. The van der Waals surface area contributed by atoms with E-state index < -0.39 is 35.8 Å². The van der Waals surface area contributed by atoms with Crippen LogP contribution in [-0.4, -0.2) is 35.8 Å². The van der Waals surface area contributed by atoms with Crippen LogP contribution in [0.15, 0.2) is 341 Å². The fraction of sp³-hybridized carbons (Fsp3) is 0.0556. The van der Waals surface area contributed by atoms with Crippen LogP contribution >= 0.6 is 0 Å². The van der Waals surface area contributed by atoms with Crippen LogP contribution in [0.25, 0.3) is 133 Å². The molecule has 0 atom stereocenters. The number of furan rings is 3. The zero-order chi connectivity index (χ0) is 84.3. The van der Waals surface area contributed by atoms with Crippen LogP contribution in [0.3, 0.4) is 0 Å². The Kier molecular flexibility index (Phi) is 19.9. The molecule has 594 valence electrons. The van der Waals surface area contributed by atoms with Crippen LogP contribution < -0.4 is 28.4 Å². The minimum Gasteiger partial charge on any atom is -0.455 e. The standard InChI is InChI=1S/C108H72O15/c1-61-7-19-67(20-8-61)73-31-43-79(44-32-73)103(109)118-91-55-85-88(58-94(91)121-106(112)82-49-37-76(38-50-82)70-25-13-64(4)14-26-70)115-100-97(85)101-99(86-56-92(119-104(110)80-45-33-74(34-46-80)68-21-9-62(2)10-22-68)95(59-89(86)116-101)122-107(113)83-51-39-77(40-52-83)71-27-15-65(5)16-28-71)102-98(100)87-57-93(120-105(111)81-47-35-75(36-48-81)69-23-11-63(3)12-24-69)96(60-90(87)117-102)123-108(114)84-53-41-78(42-54-84)72-29-17-66(6)18-30-72/h7-60H,1-6H3. The number of hydrogen-bond acceptors (Lipinski definition) is 15. The van der Waals surface area contributed by atoms with Crippen molar-refractivity contribution in [2.24, 2.45) is 0 Å². The number of carbonyl (C=O) groups is 6. The molecule has 0 saturated carbocycles. The van der Waals surface area contributed by atoms with Crippen molar-refractivity contribution in [3.05, 3.63) is 394 Å². The van der Waals surface area contributed by atoms with E-state index in [1.807, 2.05) is 260 Å². The van der Waals surface area contributed by atoms with Crippen molar-refractivity contribution in [1.29, 1.82) is 0 Å². The number of fused-ring (bicyclic) bond motifs is 12. The zero-order valence-electron chi connectivity index (χ0n) is 67.3. The largest absolute Gasteiger partial charge is 0.455 e. The first kappa shape index (κ1) is 76.7. The maximum absolute atomic E-state index is 14.9. The molecule has 15 nitrogen and oxygen atoms in total. The Hall–Kier alpha value is -16.3. The Bertz CT molecular complexity index is 6670. The maximum atomic E-state index is 14.9. The molecule has 0 amide bonds. The number of ether oxygens (including phenoxy) is 6. The molecule has 0 fully saturated rings. The second kappa shape index (κ2) is 31.9. The number of rotatable bonds is 18. The number of benzene rings is 16. The summed E-state index contributed by atoms with van der Waals surface area (Å²) in [5, 5.41) is 1.49. The minimum absolute atomic E-state index is 0.0825. The molecular formula is C108H72O15. The van der Waals surface area contributed by atoms with Gasteiger partial charge in [0.1, 0.15) is 16.7 Å². The third kappa shape index (κ3) is 15.4. The van der Waals surface area contributed by atoms with Crippen molar-refractivity contribution in [1.82, 2.24) is 0 Å². The van der Waals surface area contributed by atoms with Gasteiger partial charge < -0.3 is 41.7 Å². The first-order valence-electron chi connectivity index (χ1n) is 40.0. The van der Waals surface area contributed by atoms with Gasteiger partial charge in [0, 0.05) is 34.4 Å². The lowest BCUT2D eigenvalue weighted by molar-refractivity contribution is 0.0682. The highest BCUT2D eigenvalue weighted by atomic mass is 16.6. The minimum atomic E-state index is -0.803. The summed E-state index contributed by atoms with van der Waals surface area (Å²) >= 11 is 0. The lowest BCUT2D eigenvalue weighted by Crippen LogP contribution is -2.12. The summed E-state index contributed by atoms with van der Waals surface area (Å²) in [5.41, 5.74) is 18.8. The number of carbonyl (C=O) groups excluding carboxylic acids is 6. The lowest BCUT2D eigenvalue weighted by Gasteiger charge is -2.12. The third-order valence-corrected chi connectivity index (χ3v) is 22.2. The maximum Gasteiger partial charge on any atom is 0.343 e. The van der Waals surface area contributed by atoms with E-state index in [0.29, 0.717) is 0 Å². The molecule has 0 aliphatic carbocycles. The molecule has 3 aromatic heterocycles. The summed E-state index contributed by atoms with van der Waals surface area (Å²) in [7, 11) is 0. The lowest BCUT2D eigenvalue weighted by atomic mass is 10.0. The van der Waals surface area contributed by atoms with Crippen molar-refractivity contribution in [2.45, 2.75) is 41.5 Å². The molecule has 0 saturated heterocycles. The van der Waals surface area contributed by atoms with Gasteiger partial charge in [-0.2, -0.15) is 0 Å². The molecule has 123 heavy (non-hydrogen) atoms. The molecule has 15 heteroatoms. The average molecular weight is 1610 g/mol. The van der Waals surface area contributed by atoms with Crippen LogP contribution in [0.1, 0.15) is 95.5 Å². The van der Waals surface area contributed by atoms with Crippen LogP contribution in [-0.2, 0) is 0 Å². The number of hydrogen-bond donors (Lipinski definition) is 0. The summed E-state index contributed by atoms with van der Waals surface area (Å²) < 4.78 is 59.8. The summed E-state index contributed by atoms with van der Waals surface area (Å²) in [4.78, 5) is 89.0. The summed E-state index contributed by atoms with van der Waals surface area (Å²) in [5.74, 6) is -6.04. The van der Waals surface area contributed by atoms with Gasteiger partial charge in [-0.3, -0.25) is 0 Å². The molecule has 0 bridgehead atoms. The molecule has 0 spiro atoms. The van der Waals surface area contributed by atoms with Gasteiger partial charge in [0.15, 0.2) is 51.2 Å². The molecular weight excluding hydrogens is 1540 g/mol. The molecule has 0 aliphatic heterocycles. The Morgan fingerprint density at radius 2 is 0.309 bits per heavy atom. The fourth-order valence-corrected chi connectivity index (χ4v) is 15.2. The highest BCUT2D eigenvalue weighted by molar-refractivity contribution is 6.37. The molecule has 0 radical (unpaired) electrons. The van der Waals surface area contributed by atoms with Crippen LogP contribution in [0.4, 0.5) is 0 Å². The molecule has 16 aromatic carbocycles. The number of aryl methyl sites for hydroxylation is 6. The van der Waals surface area contributed by atoms with Crippen molar-refractivity contribution < 1.29 is 70.4 Å². The first-order valence-corrected chi connectivity index (χ1v) is 40.0. The molecule has 19 aromatic rings. The second-order valence-corrected chi connectivity index (χ2v) is 30.8. The predicted octanol–water partition coefficient (Wildman–Crippen LogP) is 26.6. The smallest absolute Gasteiger partial charge is 0.343 e. The van der Waals surface area contributed by atoms with Gasteiger partial charge in [0.25, 0.3) is 0 Å². The van der Waals surface area contributed by atoms with Crippen molar-refractivity contribution in [3.8, 4) is 101 Å². The van der Waals surface area contributed by atoms with Crippen LogP contribution in [0.5, 0.6) is 34.5 Å². The Morgan fingerprint density at radius 3 is 0.455 bits per heavy atom. The molecule has 3 heterocycles. The molecule has 0 unspecified atom stereocenters. The summed E-state index contributed by atoms with van der Waals surface area (Å²) in [6, 6.07) is 98.4. The van der Waals surface area contributed by atoms with E-state index in [4.69, 9.17) is 41.7 Å². The average Bonchev–Trinajstić information content (AvgIpc) is 1.53. The van der Waals surface area contributed by atoms with E-state index in [2.05, 4.69) is 0 Å². The van der Waals surface area contributed by atoms with Gasteiger partial charge in [0.05, 0.1) is 49.5 Å². The van der Waals surface area contributed by atoms with Crippen LogP contribution in [0.2, 0.25) is 0 Å². The van der Waals surface area contributed by atoms with Crippen molar-refractivity contribution in [2.75, 3.05) is 0 Å². The Labute approximate surface area is 705 Å².